The van der Waals surface area contributed by atoms with Gasteiger partial charge in [0.1, 0.15) is 0 Å². The van der Waals surface area contributed by atoms with Gasteiger partial charge in [0.25, 0.3) is 0 Å². The van der Waals surface area contributed by atoms with E-state index in [0.29, 0.717) is 0 Å². The van der Waals surface area contributed by atoms with Crippen LogP contribution in [0.2, 0.25) is 0 Å². The predicted molar refractivity (Wildman–Crippen MR) is 108 cm³/mol. The van der Waals surface area contributed by atoms with E-state index in [2.05, 4.69) is 41.3 Å². The van der Waals surface area contributed by atoms with Crippen LogP contribution in [-0.2, 0) is 16.0 Å². The average Bonchev–Trinajstić information content (AvgIpc) is 2.68. The Balaban J connectivity index is 1.56. The van der Waals surface area contributed by atoms with Crippen molar-refractivity contribution in [3.63, 3.8) is 0 Å². The first-order valence-electron chi connectivity index (χ1n) is 10.6. The number of anilines is 1. The number of piperidine rings is 1. The lowest BCUT2D eigenvalue weighted by Gasteiger charge is -2.39. The summed E-state index contributed by atoms with van der Waals surface area (Å²) in [4.78, 5) is 24.9. The minimum Gasteiger partial charge on any atom is -0.378 e. The van der Waals surface area contributed by atoms with E-state index < -0.39 is 0 Å². The molecule has 2 N–H and O–H groups in total. The predicted octanol–water partition coefficient (Wildman–Crippen LogP) is 1.83. The summed E-state index contributed by atoms with van der Waals surface area (Å²) in [5.74, 6) is 0.954. The lowest BCUT2D eigenvalue weighted by Crippen LogP contribution is -2.48. The van der Waals surface area contributed by atoms with Gasteiger partial charge in [0.15, 0.2) is 0 Å². The topological polar surface area (TPSA) is 79.4 Å². The molecule has 7 heteroatoms. The van der Waals surface area contributed by atoms with Crippen molar-refractivity contribution in [3.05, 3.63) is 17.5 Å². The first-order chi connectivity index (χ1) is 13.4. The van der Waals surface area contributed by atoms with Gasteiger partial charge >= 0.3 is 0 Å². The van der Waals surface area contributed by atoms with Crippen LogP contribution in [0.25, 0.3) is 0 Å². The van der Waals surface area contributed by atoms with Crippen molar-refractivity contribution in [1.29, 1.82) is 0 Å². The lowest BCUT2D eigenvalue weighted by atomic mass is 9.73. The van der Waals surface area contributed by atoms with Gasteiger partial charge in [-0.05, 0) is 44.2 Å². The molecule has 1 amide bonds. The lowest BCUT2D eigenvalue weighted by molar-refractivity contribution is -0.132. The van der Waals surface area contributed by atoms with Gasteiger partial charge in [-0.2, -0.15) is 0 Å². The second-order valence-corrected chi connectivity index (χ2v) is 9.55. The van der Waals surface area contributed by atoms with E-state index in [-0.39, 0.29) is 22.8 Å². The highest BCUT2D eigenvalue weighted by Gasteiger charge is 2.39. The first-order valence-corrected chi connectivity index (χ1v) is 10.6. The Labute approximate surface area is 167 Å². The van der Waals surface area contributed by atoms with Crippen LogP contribution in [0.3, 0.4) is 0 Å². The van der Waals surface area contributed by atoms with Crippen LogP contribution >= 0.6 is 0 Å². The highest BCUT2D eigenvalue weighted by Crippen LogP contribution is 2.41. The Hall–Kier alpha value is -1.73. The van der Waals surface area contributed by atoms with Crippen LogP contribution in [0.4, 0.5) is 5.95 Å². The van der Waals surface area contributed by atoms with Crippen molar-refractivity contribution in [2.75, 3.05) is 44.3 Å². The maximum atomic E-state index is 13.1. The van der Waals surface area contributed by atoms with Gasteiger partial charge in [-0.15, -0.1) is 0 Å². The summed E-state index contributed by atoms with van der Waals surface area (Å²) < 4.78 is 5.45. The zero-order valence-electron chi connectivity index (χ0n) is 17.4. The second kappa shape index (κ2) is 7.59. The number of ether oxygens (including phenoxy) is 1. The number of carbonyl (C=O) groups excluding carboxylic acids is 1. The summed E-state index contributed by atoms with van der Waals surface area (Å²) in [6, 6.07) is -0.0169. The maximum Gasteiger partial charge on any atom is 0.226 e. The number of aromatic nitrogens is 2. The fourth-order valence-electron chi connectivity index (χ4n) is 4.62. The van der Waals surface area contributed by atoms with E-state index in [1.54, 1.807) is 0 Å². The molecule has 1 atom stereocenters. The third-order valence-electron chi connectivity index (χ3n) is 6.52. The summed E-state index contributed by atoms with van der Waals surface area (Å²) in [6.45, 7) is 11.5. The number of carbonyl (C=O) groups is 1. The summed E-state index contributed by atoms with van der Waals surface area (Å²) in [5, 5.41) is 6.71. The van der Waals surface area contributed by atoms with Crippen molar-refractivity contribution in [2.45, 2.75) is 52.5 Å². The van der Waals surface area contributed by atoms with Gasteiger partial charge in [-0.25, -0.2) is 9.97 Å². The van der Waals surface area contributed by atoms with Crippen molar-refractivity contribution < 1.29 is 9.53 Å². The Morgan fingerprint density at radius 3 is 2.68 bits per heavy atom. The molecule has 2 fully saturated rings. The van der Waals surface area contributed by atoms with Crippen LogP contribution in [0.5, 0.6) is 0 Å². The molecule has 0 saturated carbocycles. The molecular formula is C21H33N5O2. The van der Waals surface area contributed by atoms with E-state index in [9.17, 15) is 4.79 Å². The van der Waals surface area contributed by atoms with Crippen molar-refractivity contribution in [1.82, 2.24) is 20.6 Å². The van der Waals surface area contributed by atoms with Gasteiger partial charge in [0, 0.05) is 30.3 Å². The van der Waals surface area contributed by atoms with Gasteiger partial charge in [-0.3, -0.25) is 4.79 Å². The Morgan fingerprint density at radius 1 is 1.25 bits per heavy atom. The molecule has 1 aromatic heterocycles. The molecule has 0 unspecified atom stereocenters. The number of morpholine rings is 1. The Morgan fingerprint density at radius 2 is 1.96 bits per heavy atom. The van der Waals surface area contributed by atoms with Crippen molar-refractivity contribution in [2.24, 2.45) is 10.8 Å². The van der Waals surface area contributed by atoms with Crippen LogP contribution in [0.15, 0.2) is 6.20 Å². The SMILES string of the molecule is CC1(C)Cc2nc(N3CCOCC3)ncc2[C@H](NC(=O)C2(C)CCNCC2)C1. The molecule has 2 aliphatic heterocycles. The molecule has 0 spiro atoms. The second-order valence-electron chi connectivity index (χ2n) is 9.55. The summed E-state index contributed by atoms with van der Waals surface area (Å²) >= 11 is 0. The Kier molecular flexibility index (Phi) is 5.31. The van der Waals surface area contributed by atoms with Gasteiger partial charge in [-0.1, -0.05) is 20.8 Å². The van der Waals surface area contributed by atoms with E-state index in [4.69, 9.17) is 9.72 Å². The molecule has 1 aliphatic carbocycles. The summed E-state index contributed by atoms with van der Waals surface area (Å²) in [7, 11) is 0. The fourth-order valence-corrected chi connectivity index (χ4v) is 4.62. The maximum absolute atomic E-state index is 13.1. The number of hydrogen-bond acceptors (Lipinski definition) is 6. The standard InChI is InChI=1S/C21H33N5O2/c1-20(2)12-16(24-18(27)21(3)4-6-22-7-5-21)15-14-23-19(25-17(15)13-20)26-8-10-28-11-9-26/h14,16,22H,4-13H2,1-3H3,(H,24,27)/t16-/m1/s1. The molecule has 3 heterocycles. The number of fused-ring (bicyclic) bond motifs is 1. The number of nitrogens with one attached hydrogen (secondary N) is 2. The third-order valence-corrected chi connectivity index (χ3v) is 6.52. The quantitative estimate of drug-likeness (QED) is 0.824. The normalized spacial score (nSPS) is 26.4. The summed E-state index contributed by atoms with van der Waals surface area (Å²) in [5.41, 5.74) is 1.97. The van der Waals surface area contributed by atoms with E-state index >= 15 is 0 Å². The van der Waals surface area contributed by atoms with Gasteiger partial charge in [0.05, 0.1) is 24.9 Å². The zero-order chi connectivity index (χ0) is 19.8. The van der Waals surface area contributed by atoms with Crippen LogP contribution in [-0.4, -0.2) is 55.3 Å². The molecule has 7 nitrogen and oxygen atoms in total. The third kappa shape index (κ3) is 4.01. The molecule has 0 radical (unpaired) electrons. The van der Waals surface area contributed by atoms with Gasteiger partial charge < -0.3 is 20.3 Å². The highest BCUT2D eigenvalue weighted by atomic mass is 16.5. The Bertz CT molecular complexity index is 724. The van der Waals surface area contributed by atoms with Crippen molar-refractivity contribution in [3.8, 4) is 0 Å². The molecule has 2 saturated heterocycles. The molecule has 154 valence electrons. The molecule has 1 aromatic rings. The zero-order valence-corrected chi connectivity index (χ0v) is 17.4. The number of rotatable bonds is 3. The number of nitrogens with zero attached hydrogens (tertiary/aromatic N) is 3. The molecule has 28 heavy (non-hydrogen) atoms. The first kappa shape index (κ1) is 19.6. The molecule has 0 aromatic carbocycles. The monoisotopic (exact) mass is 387 g/mol. The largest absolute Gasteiger partial charge is 0.378 e. The number of amides is 1. The molecular weight excluding hydrogens is 354 g/mol. The van der Waals surface area contributed by atoms with Crippen LogP contribution < -0.4 is 15.5 Å². The minimum absolute atomic E-state index is 0.0169. The van der Waals surface area contributed by atoms with E-state index in [1.165, 1.54) is 0 Å². The number of hydrogen-bond donors (Lipinski definition) is 2. The van der Waals surface area contributed by atoms with Crippen LogP contribution in [0, 0.1) is 10.8 Å². The molecule has 0 bridgehead atoms. The van der Waals surface area contributed by atoms with E-state index in [0.717, 1.165) is 82.3 Å². The molecule has 4 rings (SSSR count). The fraction of sp³-hybridized carbons (Fsp3) is 0.762. The average molecular weight is 388 g/mol. The smallest absolute Gasteiger partial charge is 0.226 e. The molecule has 3 aliphatic rings. The minimum atomic E-state index is -0.290. The summed E-state index contributed by atoms with van der Waals surface area (Å²) in [6.07, 6.45) is 5.54. The van der Waals surface area contributed by atoms with E-state index in [1.807, 2.05) is 6.20 Å². The van der Waals surface area contributed by atoms with Crippen LogP contribution in [0.1, 0.15) is 57.3 Å². The van der Waals surface area contributed by atoms with Crippen molar-refractivity contribution >= 4 is 11.9 Å². The highest BCUT2D eigenvalue weighted by molar-refractivity contribution is 5.82. The van der Waals surface area contributed by atoms with Gasteiger partial charge in [0.2, 0.25) is 11.9 Å².